The van der Waals surface area contributed by atoms with Crippen LogP contribution in [0, 0.1) is 20.8 Å². The van der Waals surface area contributed by atoms with Crippen molar-refractivity contribution in [2.45, 2.75) is 20.8 Å². The predicted molar refractivity (Wildman–Crippen MR) is 75.3 cm³/mol. The van der Waals surface area contributed by atoms with E-state index in [9.17, 15) is 4.79 Å². The molecule has 0 saturated carbocycles. The number of aryl methyl sites for hydroxylation is 2. The van der Waals surface area contributed by atoms with Gasteiger partial charge in [-0.3, -0.25) is 9.89 Å². The van der Waals surface area contributed by atoms with E-state index in [1.54, 1.807) is 6.92 Å². The fourth-order valence-corrected chi connectivity index (χ4v) is 2.03. The van der Waals surface area contributed by atoms with Gasteiger partial charge in [0.1, 0.15) is 22.3 Å². The van der Waals surface area contributed by atoms with Gasteiger partial charge < -0.3 is 15.5 Å². The summed E-state index contributed by atoms with van der Waals surface area (Å²) in [6.45, 7) is 5.40. The highest BCUT2D eigenvalue weighted by Crippen LogP contribution is 2.22. The highest BCUT2D eigenvalue weighted by Gasteiger charge is 2.20. The second-order valence-corrected chi connectivity index (χ2v) is 4.63. The molecule has 0 atom stereocenters. The normalized spacial score (nSPS) is 10.5. The van der Waals surface area contributed by atoms with Gasteiger partial charge >= 0.3 is 0 Å². The molecule has 6 nitrogen and oxygen atoms in total. The molecule has 4 N–H and O–H groups in total. The largest absolute Gasteiger partial charge is 0.466 e. The van der Waals surface area contributed by atoms with Gasteiger partial charge in [-0.2, -0.15) is 5.10 Å². The highest BCUT2D eigenvalue weighted by atomic mass is 32.1. The molecule has 0 aliphatic heterocycles. The summed E-state index contributed by atoms with van der Waals surface area (Å²) in [5.41, 5.74) is 7.36. The number of aromatic nitrogens is 2. The summed E-state index contributed by atoms with van der Waals surface area (Å²) in [6, 6.07) is 0. The number of carbonyl (C=O) groups excluding carboxylic acids is 1. The zero-order valence-electron chi connectivity index (χ0n) is 10.8. The SMILES string of the molecule is Cc1oc(C)c(C(=O)Nc2[nH]ncc2C(N)=S)c1C. The number of H-pyrrole nitrogens is 1. The number of nitrogens with zero attached hydrogens (tertiary/aromatic N) is 1. The number of aromatic amines is 1. The summed E-state index contributed by atoms with van der Waals surface area (Å²) in [6.07, 6.45) is 1.47. The Balaban J connectivity index is 2.31. The molecule has 7 heteroatoms. The fraction of sp³-hybridized carbons (Fsp3) is 0.250. The van der Waals surface area contributed by atoms with Crippen molar-refractivity contribution in [1.82, 2.24) is 10.2 Å². The van der Waals surface area contributed by atoms with Gasteiger partial charge in [0.2, 0.25) is 0 Å². The number of nitrogens with two attached hydrogens (primary N) is 1. The second-order valence-electron chi connectivity index (χ2n) is 4.19. The quantitative estimate of drug-likeness (QED) is 0.744. The van der Waals surface area contributed by atoms with E-state index in [0.717, 1.165) is 11.3 Å². The van der Waals surface area contributed by atoms with Gasteiger partial charge in [-0.1, -0.05) is 12.2 Å². The Bertz CT molecular complexity index is 657. The zero-order chi connectivity index (χ0) is 14.2. The van der Waals surface area contributed by atoms with Crippen LogP contribution < -0.4 is 11.1 Å². The van der Waals surface area contributed by atoms with Gasteiger partial charge in [0, 0.05) is 5.56 Å². The summed E-state index contributed by atoms with van der Waals surface area (Å²) in [7, 11) is 0. The van der Waals surface area contributed by atoms with Crippen LogP contribution >= 0.6 is 12.2 Å². The van der Waals surface area contributed by atoms with Crippen LogP contribution in [-0.4, -0.2) is 21.1 Å². The summed E-state index contributed by atoms with van der Waals surface area (Å²) in [5.74, 6) is 1.40. The van der Waals surface area contributed by atoms with Gasteiger partial charge in [0.05, 0.1) is 17.3 Å². The van der Waals surface area contributed by atoms with Crippen LogP contribution in [0.3, 0.4) is 0 Å². The first-order valence-corrected chi connectivity index (χ1v) is 6.03. The molecular formula is C12H14N4O2S. The maximum Gasteiger partial charge on any atom is 0.260 e. The minimum Gasteiger partial charge on any atom is -0.466 e. The molecule has 1 amide bonds. The number of rotatable bonds is 3. The molecule has 19 heavy (non-hydrogen) atoms. The summed E-state index contributed by atoms with van der Waals surface area (Å²) >= 11 is 4.88. The van der Waals surface area contributed by atoms with Crippen LogP contribution in [0.25, 0.3) is 0 Å². The van der Waals surface area contributed by atoms with Crippen molar-refractivity contribution in [3.05, 3.63) is 34.4 Å². The van der Waals surface area contributed by atoms with Crippen molar-refractivity contribution in [1.29, 1.82) is 0 Å². The lowest BCUT2D eigenvalue weighted by atomic mass is 10.1. The smallest absolute Gasteiger partial charge is 0.260 e. The van der Waals surface area contributed by atoms with Gasteiger partial charge in [-0.05, 0) is 20.8 Å². The number of anilines is 1. The molecular weight excluding hydrogens is 264 g/mol. The Hall–Kier alpha value is -2.15. The first kappa shape index (κ1) is 13.3. The van der Waals surface area contributed by atoms with Crippen molar-refractivity contribution < 1.29 is 9.21 Å². The Morgan fingerprint density at radius 1 is 1.42 bits per heavy atom. The van der Waals surface area contributed by atoms with Crippen LogP contribution in [0.5, 0.6) is 0 Å². The number of amides is 1. The minimum atomic E-state index is -0.284. The summed E-state index contributed by atoms with van der Waals surface area (Å²) < 4.78 is 5.43. The van der Waals surface area contributed by atoms with Crippen LogP contribution in [0.4, 0.5) is 5.82 Å². The lowest BCUT2D eigenvalue weighted by Gasteiger charge is -2.05. The number of hydrogen-bond donors (Lipinski definition) is 3. The molecule has 0 aromatic carbocycles. The Labute approximate surface area is 115 Å². The number of nitrogens with one attached hydrogen (secondary N) is 2. The van der Waals surface area contributed by atoms with E-state index in [2.05, 4.69) is 15.5 Å². The topological polar surface area (TPSA) is 96.9 Å². The van der Waals surface area contributed by atoms with Gasteiger partial charge in [-0.25, -0.2) is 0 Å². The van der Waals surface area contributed by atoms with Gasteiger partial charge in [0.25, 0.3) is 5.91 Å². The van der Waals surface area contributed by atoms with Crippen LogP contribution in [0.1, 0.15) is 33.0 Å². The summed E-state index contributed by atoms with van der Waals surface area (Å²) in [5, 5.41) is 9.16. The van der Waals surface area contributed by atoms with E-state index in [-0.39, 0.29) is 10.9 Å². The maximum absolute atomic E-state index is 12.2. The number of furan rings is 1. The summed E-state index contributed by atoms with van der Waals surface area (Å²) in [4.78, 5) is 12.4. The molecule has 0 spiro atoms. The van der Waals surface area contributed by atoms with Crippen molar-refractivity contribution in [2.24, 2.45) is 5.73 Å². The Kier molecular flexibility index (Phi) is 3.39. The van der Waals surface area contributed by atoms with E-state index >= 15 is 0 Å². The van der Waals surface area contributed by atoms with E-state index in [0.29, 0.717) is 22.7 Å². The maximum atomic E-state index is 12.2. The Morgan fingerprint density at radius 2 is 2.11 bits per heavy atom. The zero-order valence-corrected chi connectivity index (χ0v) is 11.6. The van der Waals surface area contributed by atoms with E-state index in [4.69, 9.17) is 22.4 Å². The van der Waals surface area contributed by atoms with E-state index in [1.807, 2.05) is 13.8 Å². The molecule has 100 valence electrons. The lowest BCUT2D eigenvalue weighted by molar-refractivity contribution is 0.102. The molecule has 2 heterocycles. The third kappa shape index (κ3) is 2.37. The van der Waals surface area contributed by atoms with Crippen LogP contribution in [0.2, 0.25) is 0 Å². The molecule has 0 saturated heterocycles. The molecule has 0 aliphatic carbocycles. The standard InChI is InChI=1S/C12H14N4O2S/c1-5-6(2)18-7(3)9(5)12(17)15-11-8(10(13)19)4-14-16-11/h4H,1-3H3,(H2,13,19)(H2,14,15,16,17). The molecule has 0 aliphatic rings. The van der Waals surface area contributed by atoms with Crippen molar-refractivity contribution >= 4 is 28.9 Å². The van der Waals surface area contributed by atoms with Gasteiger partial charge in [-0.15, -0.1) is 0 Å². The second kappa shape index (κ2) is 4.85. The molecule has 0 fully saturated rings. The molecule has 2 rings (SSSR count). The first-order chi connectivity index (χ1) is 8.91. The third-order valence-corrected chi connectivity index (χ3v) is 3.15. The molecule has 0 radical (unpaired) electrons. The number of thiocarbonyl (C=S) groups is 1. The molecule has 2 aromatic heterocycles. The molecule has 2 aromatic rings. The van der Waals surface area contributed by atoms with Crippen LogP contribution in [-0.2, 0) is 0 Å². The van der Waals surface area contributed by atoms with Crippen LogP contribution in [0.15, 0.2) is 10.6 Å². The molecule has 0 unspecified atom stereocenters. The minimum absolute atomic E-state index is 0.167. The van der Waals surface area contributed by atoms with E-state index in [1.165, 1.54) is 6.20 Å². The predicted octanol–water partition coefficient (Wildman–Crippen LogP) is 1.81. The number of carbonyl (C=O) groups is 1. The fourth-order valence-electron chi connectivity index (χ4n) is 1.87. The highest BCUT2D eigenvalue weighted by molar-refractivity contribution is 7.80. The molecule has 0 bridgehead atoms. The van der Waals surface area contributed by atoms with E-state index < -0.39 is 0 Å². The van der Waals surface area contributed by atoms with Gasteiger partial charge in [0.15, 0.2) is 0 Å². The van der Waals surface area contributed by atoms with Crippen molar-refractivity contribution in [3.63, 3.8) is 0 Å². The van der Waals surface area contributed by atoms with Crippen molar-refractivity contribution in [2.75, 3.05) is 5.32 Å². The lowest BCUT2D eigenvalue weighted by Crippen LogP contribution is -2.17. The Morgan fingerprint density at radius 3 is 2.63 bits per heavy atom. The average Bonchev–Trinajstić information content (AvgIpc) is 2.85. The first-order valence-electron chi connectivity index (χ1n) is 5.63. The average molecular weight is 278 g/mol. The number of hydrogen-bond acceptors (Lipinski definition) is 4. The third-order valence-electron chi connectivity index (χ3n) is 2.93. The monoisotopic (exact) mass is 278 g/mol. The van der Waals surface area contributed by atoms with Crippen molar-refractivity contribution in [3.8, 4) is 0 Å².